The first-order valence-electron chi connectivity index (χ1n) is 7.47. The average molecular weight is 285 g/mol. The highest BCUT2D eigenvalue weighted by Crippen LogP contribution is 2.31. The zero-order valence-electron chi connectivity index (χ0n) is 11.9. The lowest BCUT2D eigenvalue weighted by atomic mass is 9.91. The number of benzene rings is 1. The number of hydrogen-bond donors (Lipinski definition) is 1. The second-order valence-corrected chi connectivity index (χ2v) is 5.80. The number of carboxylic acid groups (broad SMARTS) is 1. The summed E-state index contributed by atoms with van der Waals surface area (Å²) in [6, 6.07) is 5.07. The third-order valence-electron chi connectivity index (χ3n) is 4.37. The second-order valence-electron chi connectivity index (χ2n) is 5.80. The molecule has 4 heteroatoms. The number of fused-ring (bicyclic) bond motifs is 1. The van der Waals surface area contributed by atoms with Crippen molar-refractivity contribution in [1.29, 1.82) is 0 Å². The van der Waals surface area contributed by atoms with E-state index in [1.165, 1.54) is 0 Å². The van der Waals surface area contributed by atoms with Gasteiger partial charge < -0.3 is 10.0 Å². The van der Waals surface area contributed by atoms with Crippen molar-refractivity contribution in [1.82, 2.24) is 0 Å². The van der Waals surface area contributed by atoms with Crippen molar-refractivity contribution in [3.63, 3.8) is 0 Å². The molecule has 0 saturated heterocycles. The first-order chi connectivity index (χ1) is 10.1. The number of allylic oxidation sites excluding steroid dienone is 2. The maximum atomic E-state index is 12.5. The Morgan fingerprint density at radius 1 is 1.29 bits per heavy atom. The number of carbonyl (C=O) groups excluding carboxylic acids is 1. The third kappa shape index (κ3) is 2.84. The smallest absolute Gasteiger partial charge is 0.335 e. The highest BCUT2D eigenvalue weighted by molar-refractivity contribution is 5.97. The molecule has 4 nitrogen and oxygen atoms in total. The number of rotatable bonds is 3. The van der Waals surface area contributed by atoms with E-state index < -0.39 is 5.97 Å². The SMILES string of the molecule is O=C(O)c1ccc2c(c1)N(C(=O)CC1CC=CCC1)CC2. The minimum Gasteiger partial charge on any atom is -0.478 e. The van der Waals surface area contributed by atoms with Gasteiger partial charge in [-0.25, -0.2) is 4.79 Å². The molecule has 1 aromatic rings. The molecule has 1 heterocycles. The zero-order valence-corrected chi connectivity index (χ0v) is 11.9. The van der Waals surface area contributed by atoms with Crippen LogP contribution in [0.25, 0.3) is 0 Å². The van der Waals surface area contributed by atoms with Gasteiger partial charge >= 0.3 is 5.97 Å². The largest absolute Gasteiger partial charge is 0.478 e. The topological polar surface area (TPSA) is 57.6 Å². The van der Waals surface area contributed by atoms with Gasteiger partial charge in [-0.15, -0.1) is 0 Å². The monoisotopic (exact) mass is 285 g/mol. The van der Waals surface area contributed by atoms with Crippen LogP contribution in [0.2, 0.25) is 0 Å². The summed E-state index contributed by atoms with van der Waals surface area (Å²) < 4.78 is 0. The molecule has 21 heavy (non-hydrogen) atoms. The Morgan fingerprint density at radius 3 is 2.86 bits per heavy atom. The number of amides is 1. The Bertz CT molecular complexity index is 606. The van der Waals surface area contributed by atoms with Crippen molar-refractivity contribution < 1.29 is 14.7 Å². The van der Waals surface area contributed by atoms with Crippen molar-refractivity contribution in [2.75, 3.05) is 11.4 Å². The van der Waals surface area contributed by atoms with E-state index >= 15 is 0 Å². The van der Waals surface area contributed by atoms with Crippen molar-refractivity contribution in [3.8, 4) is 0 Å². The molecular formula is C17H19NO3. The van der Waals surface area contributed by atoms with Crippen LogP contribution in [0.15, 0.2) is 30.4 Å². The van der Waals surface area contributed by atoms with Gasteiger partial charge in [0.1, 0.15) is 0 Å². The molecule has 3 rings (SSSR count). The van der Waals surface area contributed by atoms with E-state index in [9.17, 15) is 9.59 Å². The van der Waals surface area contributed by atoms with Gasteiger partial charge in [-0.05, 0) is 49.3 Å². The van der Waals surface area contributed by atoms with Crippen LogP contribution >= 0.6 is 0 Å². The Hall–Kier alpha value is -2.10. The lowest BCUT2D eigenvalue weighted by Crippen LogP contribution is -2.30. The summed E-state index contributed by atoms with van der Waals surface area (Å²) in [5.74, 6) is -0.402. The quantitative estimate of drug-likeness (QED) is 0.868. The lowest BCUT2D eigenvalue weighted by Gasteiger charge is -2.22. The van der Waals surface area contributed by atoms with Gasteiger partial charge in [0.15, 0.2) is 0 Å². The van der Waals surface area contributed by atoms with Crippen molar-refractivity contribution in [2.45, 2.75) is 32.1 Å². The van der Waals surface area contributed by atoms with Gasteiger partial charge in [-0.2, -0.15) is 0 Å². The average Bonchev–Trinajstić information content (AvgIpc) is 2.91. The molecule has 0 fully saturated rings. The first-order valence-corrected chi connectivity index (χ1v) is 7.47. The summed E-state index contributed by atoms with van der Waals surface area (Å²) >= 11 is 0. The summed E-state index contributed by atoms with van der Waals surface area (Å²) in [5, 5.41) is 9.09. The fourth-order valence-electron chi connectivity index (χ4n) is 3.17. The van der Waals surface area contributed by atoms with Crippen LogP contribution in [-0.4, -0.2) is 23.5 Å². The number of hydrogen-bond acceptors (Lipinski definition) is 2. The van der Waals surface area contributed by atoms with Crippen LogP contribution < -0.4 is 4.90 Å². The molecule has 1 N–H and O–H groups in total. The van der Waals surface area contributed by atoms with Gasteiger partial charge in [0, 0.05) is 18.7 Å². The van der Waals surface area contributed by atoms with Gasteiger partial charge in [0.05, 0.1) is 5.56 Å². The van der Waals surface area contributed by atoms with E-state index in [4.69, 9.17) is 5.11 Å². The maximum Gasteiger partial charge on any atom is 0.335 e. The highest BCUT2D eigenvalue weighted by Gasteiger charge is 2.27. The van der Waals surface area contributed by atoms with E-state index in [0.29, 0.717) is 18.9 Å². The Morgan fingerprint density at radius 2 is 2.14 bits per heavy atom. The summed E-state index contributed by atoms with van der Waals surface area (Å²) in [7, 11) is 0. The predicted octanol–water partition coefficient (Wildman–Crippen LogP) is 3.02. The van der Waals surface area contributed by atoms with E-state index in [0.717, 1.165) is 36.9 Å². The van der Waals surface area contributed by atoms with Crippen LogP contribution in [0, 0.1) is 5.92 Å². The van der Waals surface area contributed by atoms with Crippen LogP contribution in [-0.2, 0) is 11.2 Å². The molecule has 1 atom stereocenters. The normalized spacial score (nSPS) is 20.4. The molecule has 1 aromatic carbocycles. The van der Waals surface area contributed by atoms with E-state index in [2.05, 4.69) is 12.2 Å². The number of aromatic carboxylic acids is 1. The minimum absolute atomic E-state index is 0.122. The fourth-order valence-corrected chi connectivity index (χ4v) is 3.17. The lowest BCUT2D eigenvalue weighted by molar-refractivity contribution is -0.119. The summed E-state index contributed by atoms with van der Waals surface area (Å²) in [6.45, 7) is 0.666. The predicted molar refractivity (Wildman–Crippen MR) is 80.6 cm³/mol. The molecule has 0 radical (unpaired) electrons. The molecule has 0 bridgehead atoms. The molecular weight excluding hydrogens is 266 g/mol. The van der Waals surface area contributed by atoms with Crippen molar-refractivity contribution >= 4 is 17.6 Å². The number of carbonyl (C=O) groups is 2. The van der Waals surface area contributed by atoms with E-state index in [-0.39, 0.29) is 11.5 Å². The minimum atomic E-state index is -0.950. The van der Waals surface area contributed by atoms with Gasteiger partial charge in [0.25, 0.3) is 0 Å². The second kappa shape index (κ2) is 5.72. The Balaban J connectivity index is 1.76. The standard InChI is InChI=1S/C17H19NO3/c19-16(10-12-4-2-1-3-5-12)18-9-8-13-6-7-14(17(20)21)11-15(13)18/h1-2,6-7,11-12H,3-5,8-10H2,(H,20,21). The van der Waals surface area contributed by atoms with Crippen LogP contribution in [0.3, 0.4) is 0 Å². The number of carboxylic acids is 1. The number of anilines is 1. The molecule has 2 aliphatic rings. The molecule has 1 unspecified atom stereocenters. The van der Waals surface area contributed by atoms with Gasteiger partial charge in [0.2, 0.25) is 5.91 Å². The van der Waals surface area contributed by atoms with Crippen molar-refractivity contribution in [2.24, 2.45) is 5.92 Å². The maximum absolute atomic E-state index is 12.5. The van der Waals surface area contributed by atoms with Crippen LogP contribution in [0.5, 0.6) is 0 Å². The molecule has 1 aliphatic carbocycles. The molecule has 110 valence electrons. The molecule has 0 saturated carbocycles. The van der Waals surface area contributed by atoms with Gasteiger partial charge in [-0.1, -0.05) is 18.2 Å². The van der Waals surface area contributed by atoms with E-state index in [1.54, 1.807) is 17.0 Å². The van der Waals surface area contributed by atoms with Crippen LogP contribution in [0.4, 0.5) is 5.69 Å². The Kier molecular flexibility index (Phi) is 3.78. The van der Waals surface area contributed by atoms with Gasteiger partial charge in [-0.3, -0.25) is 4.79 Å². The summed E-state index contributed by atoms with van der Waals surface area (Å²) in [6.07, 6.45) is 8.79. The van der Waals surface area contributed by atoms with Crippen LogP contribution in [0.1, 0.15) is 41.6 Å². The summed E-state index contributed by atoms with van der Waals surface area (Å²) in [4.78, 5) is 25.4. The highest BCUT2D eigenvalue weighted by atomic mass is 16.4. The third-order valence-corrected chi connectivity index (χ3v) is 4.37. The fraction of sp³-hybridized carbons (Fsp3) is 0.412. The molecule has 1 aliphatic heterocycles. The Labute approximate surface area is 124 Å². The van der Waals surface area contributed by atoms with Crippen molar-refractivity contribution in [3.05, 3.63) is 41.5 Å². The molecule has 0 spiro atoms. The number of nitrogens with zero attached hydrogens (tertiary/aromatic N) is 1. The summed E-state index contributed by atoms with van der Waals surface area (Å²) in [5.41, 5.74) is 2.09. The zero-order chi connectivity index (χ0) is 14.8. The first kappa shape index (κ1) is 13.9. The van der Waals surface area contributed by atoms with E-state index in [1.807, 2.05) is 6.07 Å². The molecule has 0 aromatic heterocycles. The molecule has 1 amide bonds.